The number of rotatable bonds is 12. The van der Waals surface area contributed by atoms with E-state index in [-0.39, 0.29) is 11.0 Å². The van der Waals surface area contributed by atoms with Gasteiger partial charge in [-0.25, -0.2) is 0 Å². The van der Waals surface area contributed by atoms with Crippen molar-refractivity contribution in [3.8, 4) is 11.8 Å². The van der Waals surface area contributed by atoms with Crippen LogP contribution < -0.4 is 0 Å². The van der Waals surface area contributed by atoms with Crippen LogP contribution in [0.3, 0.4) is 0 Å². The molecule has 0 aliphatic heterocycles. The van der Waals surface area contributed by atoms with Crippen LogP contribution in [0.1, 0.15) is 66.1 Å². The van der Waals surface area contributed by atoms with Crippen molar-refractivity contribution < 1.29 is 9.53 Å². The monoisotopic (exact) mass is 480 g/mol. The number of unbranched alkanes of at least 4 members (excludes halogenated alkanes) is 1. The Hall–Kier alpha value is -0.383. The first-order valence-electron chi connectivity index (χ1n) is 11.6. The highest BCUT2D eigenvalue weighted by Crippen LogP contribution is 2.44. The Morgan fingerprint density at radius 2 is 1.71 bits per heavy atom. The van der Waals surface area contributed by atoms with Gasteiger partial charge in [0.1, 0.15) is 10.9 Å². The third-order valence-electron chi connectivity index (χ3n) is 6.19. The summed E-state index contributed by atoms with van der Waals surface area (Å²) in [6.45, 7) is 18.3. The van der Waals surface area contributed by atoms with E-state index in [2.05, 4.69) is 66.5 Å². The van der Waals surface area contributed by atoms with Crippen LogP contribution >= 0.6 is 23.5 Å². The second-order valence-corrected chi connectivity index (χ2v) is 17.3. The lowest BCUT2D eigenvalue weighted by atomic mass is 9.86. The largest absolute Gasteiger partial charge is 0.406 e. The van der Waals surface area contributed by atoms with Gasteiger partial charge in [0, 0.05) is 11.5 Å². The number of aliphatic hydroxyl groups is 1. The topological polar surface area (TPSA) is 29.5 Å². The van der Waals surface area contributed by atoms with E-state index in [0.29, 0.717) is 6.61 Å². The molecule has 1 aromatic carbocycles. The number of hydrogen-bond acceptors (Lipinski definition) is 4. The molecule has 0 spiro atoms. The maximum absolute atomic E-state index is 11.5. The predicted molar refractivity (Wildman–Crippen MR) is 145 cm³/mol. The summed E-state index contributed by atoms with van der Waals surface area (Å²) < 4.78 is 5.74. The second-order valence-electron chi connectivity index (χ2n) is 9.93. The Balaban J connectivity index is 3.05. The molecular formula is C26H44O2S2Si. The van der Waals surface area contributed by atoms with Crippen LogP contribution in [0.5, 0.6) is 0 Å². The summed E-state index contributed by atoms with van der Waals surface area (Å²) >= 11 is 3.82. The number of hydrogen-bond donors (Lipinski definition) is 1. The Morgan fingerprint density at radius 1 is 1.06 bits per heavy atom. The first kappa shape index (κ1) is 28.6. The minimum Gasteiger partial charge on any atom is -0.406 e. The molecule has 31 heavy (non-hydrogen) atoms. The summed E-state index contributed by atoms with van der Waals surface area (Å²) in [5, 5.41) is 11.6. The number of benzene rings is 1. The van der Waals surface area contributed by atoms with E-state index < -0.39 is 19.2 Å². The van der Waals surface area contributed by atoms with Gasteiger partial charge >= 0.3 is 0 Å². The summed E-state index contributed by atoms with van der Waals surface area (Å²) in [7, 11) is -1.84. The molecule has 176 valence electrons. The van der Waals surface area contributed by atoms with Gasteiger partial charge in [0.2, 0.25) is 0 Å². The van der Waals surface area contributed by atoms with Crippen molar-refractivity contribution >= 4 is 31.8 Å². The molecule has 1 rings (SSSR count). The number of thioether (sulfide) groups is 2. The summed E-state index contributed by atoms with van der Waals surface area (Å²) in [6, 6.07) is 9.98. The molecule has 1 aromatic rings. The van der Waals surface area contributed by atoms with E-state index in [1.807, 2.05) is 53.9 Å². The van der Waals surface area contributed by atoms with E-state index in [0.717, 1.165) is 17.1 Å². The molecule has 0 aromatic heterocycles. The van der Waals surface area contributed by atoms with E-state index in [9.17, 15) is 5.11 Å². The van der Waals surface area contributed by atoms with Gasteiger partial charge in [-0.15, -0.1) is 11.8 Å². The molecule has 0 radical (unpaired) electrons. The zero-order valence-corrected chi connectivity index (χ0v) is 23.6. The lowest BCUT2D eigenvalue weighted by Crippen LogP contribution is -2.41. The van der Waals surface area contributed by atoms with Gasteiger partial charge in [0.15, 0.2) is 8.32 Å². The lowest BCUT2D eigenvalue weighted by Gasteiger charge is -2.37. The first-order valence-corrected chi connectivity index (χ1v) is 16.6. The number of aliphatic hydroxyl groups excluding tert-OH is 1. The van der Waals surface area contributed by atoms with Crippen LogP contribution in [0, 0.1) is 17.8 Å². The molecule has 0 heterocycles. The average molecular weight is 481 g/mol. The summed E-state index contributed by atoms with van der Waals surface area (Å²) in [4.78, 5) is 0. The molecule has 0 aliphatic carbocycles. The molecule has 1 N–H and O–H groups in total. The molecule has 5 heteroatoms. The predicted octanol–water partition coefficient (Wildman–Crippen LogP) is 7.41. The van der Waals surface area contributed by atoms with Crippen molar-refractivity contribution in [2.45, 2.75) is 83.4 Å². The zero-order valence-electron chi connectivity index (χ0n) is 21.0. The fourth-order valence-electron chi connectivity index (χ4n) is 2.92. The third-order valence-corrected chi connectivity index (χ3v) is 13.7. The van der Waals surface area contributed by atoms with E-state index in [1.54, 1.807) is 0 Å². The van der Waals surface area contributed by atoms with Crippen molar-refractivity contribution in [3.05, 3.63) is 35.9 Å². The Morgan fingerprint density at radius 3 is 2.26 bits per heavy atom. The zero-order chi connectivity index (χ0) is 23.5. The molecule has 2 atom stereocenters. The van der Waals surface area contributed by atoms with Gasteiger partial charge in [0.05, 0.1) is 6.61 Å². The van der Waals surface area contributed by atoms with E-state index in [1.165, 1.54) is 18.6 Å². The first-order chi connectivity index (χ1) is 14.5. The third kappa shape index (κ3) is 8.82. The van der Waals surface area contributed by atoms with Crippen molar-refractivity contribution in [1.82, 2.24) is 0 Å². The van der Waals surface area contributed by atoms with Gasteiger partial charge < -0.3 is 9.53 Å². The molecule has 0 amide bonds. The maximum Gasteiger partial charge on any atom is 0.193 e. The molecule has 0 aliphatic rings. The molecule has 0 saturated heterocycles. The van der Waals surface area contributed by atoms with Crippen LogP contribution in [0.25, 0.3) is 0 Å². The SMILES string of the molecule is CCCCSCCSC(C#CCO[Si](C)(C)C(C)(C)C)(C(C)C)C(O)c1ccccc1. The lowest BCUT2D eigenvalue weighted by molar-refractivity contribution is 0.131. The molecule has 0 fully saturated rings. The van der Waals surface area contributed by atoms with Crippen molar-refractivity contribution in [1.29, 1.82) is 0 Å². The van der Waals surface area contributed by atoms with Gasteiger partial charge in [-0.2, -0.15) is 11.8 Å². The van der Waals surface area contributed by atoms with E-state index >= 15 is 0 Å². The molecule has 0 bridgehead atoms. The fraction of sp³-hybridized carbons (Fsp3) is 0.692. The average Bonchev–Trinajstić information content (AvgIpc) is 2.71. The smallest absolute Gasteiger partial charge is 0.193 e. The Bertz CT molecular complexity index is 689. The van der Waals surface area contributed by atoms with Crippen LogP contribution in [-0.4, -0.2) is 42.0 Å². The van der Waals surface area contributed by atoms with Crippen LogP contribution in [0.15, 0.2) is 30.3 Å². The van der Waals surface area contributed by atoms with Crippen molar-refractivity contribution in [2.75, 3.05) is 23.9 Å². The van der Waals surface area contributed by atoms with E-state index in [4.69, 9.17) is 4.43 Å². The highest BCUT2D eigenvalue weighted by molar-refractivity contribution is 8.03. The quantitative estimate of drug-likeness (QED) is 0.192. The normalized spacial score (nSPS) is 15.3. The maximum atomic E-state index is 11.5. The van der Waals surface area contributed by atoms with Gasteiger partial charge in [0.25, 0.3) is 0 Å². The van der Waals surface area contributed by atoms with Crippen LogP contribution in [0.4, 0.5) is 0 Å². The minimum atomic E-state index is -1.84. The summed E-state index contributed by atoms with van der Waals surface area (Å²) in [5.74, 6) is 10.3. The Kier molecular flexibility index (Phi) is 12.3. The summed E-state index contributed by atoms with van der Waals surface area (Å²) in [6.07, 6.45) is 1.87. The van der Waals surface area contributed by atoms with Crippen LogP contribution in [-0.2, 0) is 4.43 Å². The van der Waals surface area contributed by atoms with Crippen LogP contribution in [0.2, 0.25) is 18.1 Å². The molecule has 2 nitrogen and oxygen atoms in total. The molecular weight excluding hydrogens is 437 g/mol. The minimum absolute atomic E-state index is 0.165. The highest BCUT2D eigenvalue weighted by atomic mass is 32.2. The molecule has 2 unspecified atom stereocenters. The van der Waals surface area contributed by atoms with Crippen molar-refractivity contribution in [2.24, 2.45) is 5.92 Å². The van der Waals surface area contributed by atoms with Gasteiger partial charge in [-0.1, -0.05) is 90.1 Å². The summed E-state index contributed by atoms with van der Waals surface area (Å²) in [5.41, 5.74) is 0.932. The van der Waals surface area contributed by atoms with Gasteiger partial charge in [-0.3, -0.25) is 0 Å². The van der Waals surface area contributed by atoms with Crippen molar-refractivity contribution in [3.63, 3.8) is 0 Å². The van der Waals surface area contributed by atoms with Gasteiger partial charge in [-0.05, 0) is 41.8 Å². The Labute approximate surface area is 201 Å². The standard InChI is InChI=1S/C26H44O2S2Si/c1-9-10-19-29-20-21-30-26(22(2)3,24(27)23-15-12-11-13-16-23)17-14-18-28-31(7,8)25(4,5)6/h11-13,15-16,22,24,27H,9-10,18-21H2,1-8H3. The highest BCUT2D eigenvalue weighted by Gasteiger charge is 2.41. The second kappa shape index (κ2) is 13.4. The molecule has 0 saturated carbocycles. The fourth-order valence-corrected chi connectivity index (χ4v) is 6.40.